The molecule has 0 aliphatic carbocycles. The number of hydrogen-bond acceptors (Lipinski definition) is 6. The molecule has 5 nitrogen and oxygen atoms in total. The number of benzene rings is 2. The van der Waals surface area contributed by atoms with Crippen LogP contribution < -0.4 is 10.1 Å². The van der Waals surface area contributed by atoms with E-state index in [2.05, 4.69) is 54.5 Å². The summed E-state index contributed by atoms with van der Waals surface area (Å²) >= 11 is 2.99. The van der Waals surface area contributed by atoms with Crippen LogP contribution in [0.3, 0.4) is 0 Å². The number of rotatable bonds is 8. The molecule has 1 atom stereocenters. The zero-order chi connectivity index (χ0) is 21.7. The first-order valence-corrected chi connectivity index (χ1v) is 11.7. The molecule has 0 fully saturated rings. The Balaban J connectivity index is 1.57. The second-order valence-corrected chi connectivity index (χ2v) is 9.72. The highest BCUT2D eigenvalue weighted by molar-refractivity contribution is 8.00. The van der Waals surface area contributed by atoms with Gasteiger partial charge in [0, 0.05) is 5.75 Å². The van der Waals surface area contributed by atoms with Crippen molar-refractivity contribution in [3.8, 4) is 5.75 Å². The number of carbonyl (C=O) groups is 1. The van der Waals surface area contributed by atoms with Gasteiger partial charge in [0.15, 0.2) is 10.4 Å². The summed E-state index contributed by atoms with van der Waals surface area (Å²) in [6.45, 7) is 10.1. The van der Waals surface area contributed by atoms with E-state index in [0.29, 0.717) is 11.0 Å². The first-order chi connectivity index (χ1) is 14.3. The number of aromatic nitrogens is 2. The van der Waals surface area contributed by atoms with Crippen LogP contribution in [0, 0.1) is 13.8 Å². The van der Waals surface area contributed by atoms with Crippen molar-refractivity contribution in [2.45, 2.75) is 56.7 Å². The number of aryl methyl sites for hydroxylation is 2. The number of nitrogens with zero attached hydrogens (tertiary/aromatic N) is 2. The average Bonchev–Trinajstić information content (AvgIpc) is 3.16. The van der Waals surface area contributed by atoms with Gasteiger partial charge in [-0.1, -0.05) is 73.3 Å². The third-order valence-electron chi connectivity index (χ3n) is 4.80. The third kappa shape index (κ3) is 5.83. The van der Waals surface area contributed by atoms with E-state index in [0.717, 1.165) is 21.4 Å². The molecule has 1 aromatic heterocycles. The summed E-state index contributed by atoms with van der Waals surface area (Å²) in [5.41, 5.74) is 4.71. The monoisotopic (exact) mass is 441 g/mol. The third-order valence-corrected chi connectivity index (χ3v) is 6.82. The van der Waals surface area contributed by atoms with Crippen LogP contribution in [0.5, 0.6) is 5.75 Å². The normalized spacial score (nSPS) is 12.1. The predicted molar refractivity (Wildman–Crippen MR) is 125 cm³/mol. The smallest absolute Gasteiger partial charge is 0.266 e. The van der Waals surface area contributed by atoms with Crippen molar-refractivity contribution >= 4 is 34.1 Å². The summed E-state index contributed by atoms with van der Waals surface area (Å²) in [7, 11) is 0. The highest BCUT2D eigenvalue weighted by Gasteiger charge is 2.18. The predicted octanol–water partition coefficient (Wildman–Crippen LogP) is 5.98. The summed E-state index contributed by atoms with van der Waals surface area (Å²) in [4.78, 5) is 12.6. The Hall–Kier alpha value is -2.38. The van der Waals surface area contributed by atoms with Gasteiger partial charge < -0.3 is 4.74 Å². The van der Waals surface area contributed by atoms with Crippen molar-refractivity contribution in [1.29, 1.82) is 0 Å². The Bertz CT molecular complexity index is 1020. The van der Waals surface area contributed by atoms with Gasteiger partial charge in [0.2, 0.25) is 5.13 Å². The van der Waals surface area contributed by atoms with Crippen LogP contribution in [-0.4, -0.2) is 22.2 Å². The van der Waals surface area contributed by atoms with Crippen molar-refractivity contribution in [1.82, 2.24) is 10.2 Å². The van der Waals surface area contributed by atoms with Gasteiger partial charge in [-0.25, -0.2) is 0 Å². The Morgan fingerprint density at radius 3 is 2.60 bits per heavy atom. The van der Waals surface area contributed by atoms with Crippen LogP contribution in [0.15, 0.2) is 46.8 Å². The van der Waals surface area contributed by atoms with Crippen LogP contribution in [0.1, 0.15) is 48.9 Å². The molecule has 3 rings (SSSR count). The average molecular weight is 442 g/mol. The molecule has 0 saturated carbocycles. The number of nitrogens with one attached hydrogen (secondary N) is 1. The van der Waals surface area contributed by atoms with E-state index in [1.165, 1.54) is 28.0 Å². The number of carbonyl (C=O) groups excluding carboxylic acids is 1. The molecule has 1 N–H and O–H groups in total. The van der Waals surface area contributed by atoms with E-state index in [-0.39, 0.29) is 5.91 Å². The first kappa shape index (κ1) is 22.3. The minimum atomic E-state index is -0.641. The lowest BCUT2D eigenvalue weighted by atomic mass is 10.0. The van der Waals surface area contributed by atoms with Gasteiger partial charge in [-0.15, -0.1) is 10.2 Å². The SMILES string of the molecule is Cc1ccccc1CSc1nnc(NC(=O)[C@H](C)Oc2cc(C(C)C)ccc2C)s1. The quantitative estimate of drug-likeness (QED) is 0.344. The zero-order valence-corrected chi connectivity index (χ0v) is 19.6. The van der Waals surface area contributed by atoms with E-state index >= 15 is 0 Å². The fraction of sp³-hybridized carbons (Fsp3) is 0.348. The summed E-state index contributed by atoms with van der Waals surface area (Å²) in [5.74, 6) is 1.71. The molecule has 0 unspecified atom stereocenters. The summed E-state index contributed by atoms with van der Waals surface area (Å²) < 4.78 is 6.76. The minimum Gasteiger partial charge on any atom is -0.481 e. The molecule has 0 saturated heterocycles. The molecule has 0 bridgehead atoms. The van der Waals surface area contributed by atoms with Gasteiger partial charge in [-0.05, 0) is 55.0 Å². The second-order valence-electron chi connectivity index (χ2n) is 7.52. The molecule has 0 radical (unpaired) electrons. The van der Waals surface area contributed by atoms with Gasteiger partial charge in [-0.3, -0.25) is 10.1 Å². The molecule has 0 spiro atoms. The molecule has 0 aliphatic rings. The minimum absolute atomic E-state index is 0.240. The molecular formula is C23H27N3O2S2. The van der Waals surface area contributed by atoms with Gasteiger partial charge >= 0.3 is 0 Å². The lowest BCUT2D eigenvalue weighted by molar-refractivity contribution is -0.122. The van der Waals surface area contributed by atoms with Gasteiger partial charge in [-0.2, -0.15) is 0 Å². The van der Waals surface area contributed by atoms with E-state index in [4.69, 9.17) is 4.74 Å². The Morgan fingerprint density at radius 2 is 1.87 bits per heavy atom. The first-order valence-electron chi connectivity index (χ1n) is 9.92. The van der Waals surface area contributed by atoms with Gasteiger partial charge in [0.1, 0.15) is 5.75 Å². The number of ether oxygens (including phenoxy) is 1. The van der Waals surface area contributed by atoms with Gasteiger partial charge in [0.25, 0.3) is 5.91 Å². The zero-order valence-electron chi connectivity index (χ0n) is 17.9. The maximum absolute atomic E-state index is 12.6. The second kappa shape index (κ2) is 10.1. The molecule has 7 heteroatoms. The van der Waals surface area contributed by atoms with Crippen LogP contribution in [0.4, 0.5) is 5.13 Å². The molecule has 158 valence electrons. The van der Waals surface area contributed by atoms with Crippen molar-refractivity contribution < 1.29 is 9.53 Å². The number of amides is 1. The highest BCUT2D eigenvalue weighted by Crippen LogP contribution is 2.29. The Labute approximate surface area is 186 Å². The number of thioether (sulfide) groups is 1. The molecule has 3 aromatic rings. The van der Waals surface area contributed by atoms with Crippen LogP contribution in [-0.2, 0) is 10.5 Å². The van der Waals surface area contributed by atoms with E-state index in [9.17, 15) is 4.79 Å². The maximum Gasteiger partial charge on any atom is 0.266 e. The fourth-order valence-corrected chi connectivity index (χ4v) is 4.61. The van der Waals surface area contributed by atoms with Crippen molar-refractivity contribution in [2.75, 3.05) is 5.32 Å². The van der Waals surface area contributed by atoms with Crippen molar-refractivity contribution in [2.24, 2.45) is 0 Å². The van der Waals surface area contributed by atoms with Gasteiger partial charge in [0.05, 0.1) is 0 Å². The standard InChI is InChI=1S/C23H27N3O2S2/c1-14(2)18-11-10-16(4)20(12-18)28-17(5)21(27)24-22-25-26-23(30-22)29-13-19-9-7-6-8-15(19)3/h6-12,14,17H,13H2,1-5H3,(H,24,25,27)/t17-/m0/s1. The summed E-state index contributed by atoms with van der Waals surface area (Å²) in [6.07, 6.45) is -0.641. The number of anilines is 1. The Kier molecular flexibility index (Phi) is 7.50. The lowest BCUT2D eigenvalue weighted by Crippen LogP contribution is -2.30. The fourth-order valence-electron chi connectivity index (χ4n) is 2.78. The maximum atomic E-state index is 12.6. The van der Waals surface area contributed by atoms with Crippen LogP contribution >= 0.6 is 23.1 Å². The van der Waals surface area contributed by atoms with Crippen molar-refractivity contribution in [3.05, 3.63) is 64.7 Å². The molecule has 0 aliphatic heterocycles. The summed E-state index contributed by atoms with van der Waals surface area (Å²) in [5, 5.41) is 11.6. The molecule has 2 aromatic carbocycles. The van der Waals surface area contributed by atoms with E-state index in [1.807, 2.05) is 31.2 Å². The van der Waals surface area contributed by atoms with E-state index < -0.39 is 6.10 Å². The van der Waals surface area contributed by atoms with Crippen molar-refractivity contribution in [3.63, 3.8) is 0 Å². The van der Waals surface area contributed by atoms with Crippen LogP contribution in [0.25, 0.3) is 0 Å². The summed E-state index contributed by atoms with van der Waals surface area (Å²) in [6, 6.07) is 14.4. The number of hydrogen-bond donors (Lipinski definition) is 1. The molecule has 1 heterocycles. The molecular weight excluding hydrogens is 414 g/mol. The topological polar surface area (TPSA) is 64.1 Å². The largest absolute Gasteiger partial charge is 0.481 e. The van der Waals surface area contributed by atoms with Crippen LogP contribution in [0.2, 0.25) is 0 Å². The molecule has 30 heavy (non-hydrogen) atoms. The van der Waals surface area contributed by atoms with E-state index in [1.54, 1.807) is 18.7 Å². The lowest BCUT2D eigenvalue weighted by Gasteiger charge is -2.17. The Morgan fingerprint density at radius 1 is 1.10 bits per heavy atom. The highest BCUT2D eigenvalue weighted by atomic mass is 32.2. The molecule has 1 amide bonds.